The fourth-order valence-corrected chi connectivity index (χ4v) is 3.24. The molecular weight excluding hydrogens is 246 g/mol. The Kier molecular flexibility index (Phi) is 2.69. The van der Waals surface area contributed by atoms with E-state index in [0.29, 0.717) is 11.8 Å². The van der Waals surface area contributed by atoms with E-state index in [4.69, 9.17) is 5.11 Å². The molecule has 5 heteroatoms. The number of carboxylic acids is 1. The van der Waals surface area contributed by atoms with Crippen LogP contribution in [0.5, 0.6) is 5.75 Å². The summed E-state index contributed by atoms with van der Waals surface area (Å²) in [5.41, 5.74) is 0.166. The lowest BCUT2D eigenvalue weighted by atomic mass is 10.1. The highest BCUT2D eigenvalue weighted by Crippen LogP contribution is 2.57. The van der Waals surface area contributed by atoms with E-state index in [1.54, 1.807) is 0 Å². The molecule has 0 saturated heterocycles. The van der Waals surface area contributed by atoms with Crippen LogP contribution in [-0.4, -0.2) is 22.1 Å². The highest BCUT2D eigenvalue weighted by Gasteiger charge is 2.56. The molecule has 2 fully saturated rings. The number of amides is 1. The summed E-state index contributed by atoms with van der Waals surface area (Å²) in [6, 6.07) is 3.94. The Bertz CT molecular complexity index is 544. The first kappa shape index (κ1) is 12.0. The van der Waals surface area contributed by atoms with E-state index in [1.165, 1.54) is 18.6 Å². The van der Waals surface area contributed by atoms with Gasteiger partial charge in [0.2, 0.25) is 5.91 Å². The fraction of sp³-hybridized carbons (Fsp3) is 0.429. The lowest BCUT2D eigenvalue weighted by Crippen LogP contribution is -2.18. The minimum atomic E-state index is -1.16. The molecule has 0 bridgehead atoms. The van der Waals surface area contributed by atoms with Crippen molar-refractivity contribution >= 4 is 17.6 Å². The Morgan fingerprint density at radius 2 is 1.89 bits per heavy atom. The molecule has 1 aromatic rings. The van der Waals surface area contributed by atoms with Crippen molar-refractivity contribution in [2.24, 2.45) is 17.8 Å². The van der Waals surface area contributed by atoms with Gasteiger partial charge in [-0.25, -0.2) is 4.79 Å². The van der Waals surface area contributed by atoms with Gasteiger partial charge in [0.25, 0.3) is 0 Å². The molecule has 0 radical (unpaired) electrons. The molecule has 1 amide bonds. The Labute approximate surface area is 110 Å². The second-order valence-electron chi connectivity index (χ2n) is 5.31. The first-order chi connectivity index (χ1) is 9.08. The smallest absolute Gasteiger partial charge is 0.337 e. The maximum atomic E-state index is 12.1. The summed E-state index contributed by atoms with van der Waals surface area (Å²) < 4.78 is 0. The van der Waals surface area contributed by atoms with Crippen molar-refractivity contribution in [3.63, 3.8) is 0 Å². The molecule has 0 spiro atoms. The van der Waals surface area contributed by atoms with Crippen LogP contribution in [0.25, 0.3) is 0 Å². The number of phenolic OH excluding ortho intramolecular Hbond substituents is 1. The van der Waals surface area contributed by atoms with Gasteiger partial charge < -0.3 is 15.5 Å². The SMILES string of the molecule is O=C(O)c1cc(O)ccc1NC(=O)C1C2CCCC21. The zero-order valence-corrected chi connectivity index (χ0v) is 10.3. The van der Waals surface area contributed by atoms with Crippen LogP contribution in [0.2, 0.25) is 0 Å². The molecule has 0 aliphatic heterocycles. The molecule has 0 heterocycles. The number of carboxylic acid groups (broad SMARTS) is 1. The van der Waals surface area contributed by atoms with Crippen molar-refractivity contribution in [1.29, 1.82) is 0 Å². The van der Waals surface area contributed by atoms with Crippen LogP contribution < -0.4 is 5.32 Å². The number of aromatic hydroxyl groups is 1. The van der Waals surface area contributed by atoms with E-state index in [-0.39, 0.29) is 28.8 Å². The second-order valence-corrected chi connectivity index (χ2v) is 5.31. The van der Waals surface area contributed by atoms with Crippen LogP contribution in [0.1, 0.15) is 29.6 Å². The number of carbonyl (C=O) groups excluding carboxylic acids is 1. The third kappa shape index (κ3) is 2.05. The first-order valence-electron chi connectivity index (χ1n) is 6.45. The molecule has 5 nitrogen and oxygen atoms in total. The van der Waals surface area contributed by atoms with Crippen molar-refractivity contribution in [3.05, 3.63) is 23.8 Å². The van der Waals surface area contributed by atoms with Gasteiger partial charge in [0, 0.05) is 5.92 Å². The highest BCUT2D eigenvalue weighted by molar-refractivity contribution is 6.02. The lowest BCUT2D eigenvalue weighted by molar-refractivity contribution is -0.118. The second kappa shape index (κ2) is 4.26. The standard InChI is InChI=1S/C14H15NO4/c16-7-4-5-11(10(6-7)14(18)19)15-13(17)12-8-2-1-3-9(8)12/h4-6,8-9,12,16H,1-3H2,(H,15,17)(H,18,19). The summed E-state index contributed by atoms with van der Waals surface area (Å²) >= 11 is 0. The molecule has 3 N–H and O–H groups in total. The number of carbonyl (C=O) groups is 2. The van der Waals surface area contributed by atoms with Crippen LogP contribution >= 0.6 is 0 Å². The number of nitrogens with one attached hydrogen (secondary N) is 1. The molecule has 1 aromatic carbocycles. The number of phenols is 1. The van der Waals surface area contributed by atoms with E-state index in [0.717, 1.165) is 18.9 Å². The summed E-state index contributed by atoms with van der Waals surface area (Å²) in [5.74, 6) is -0.358. The number of hydrogen-bond donors (Lipinski definition) is 3. The van der Waals surface area contributed by atoms with Crippen molar-refractivity contribution in [1.82, 2.24) is 0 Å². The van der Waals surface area contributed by atoms with Crippen LogP contribution in [-0.2, 0) is 4.79 Å². The Balaban J connectivity index is 1.76. The third-order valence-corrected chi connectivity index (χ3v) is 4.20. The van der Waals surface area contributed by atoms with Gasteiger partial charge in [0.15, 0.2) is 0 Å². The van der Waals surface area contributed by atoms with Gasteiger partial charge in [0.05, 0.1) is 11.3 Å². The number of benzene rings is 1. The minimum absolute atomic E-state index is 0.0456. The predicted octanol–water partition coefficient (Wildman–Crippen LogP) is 2.08. The normalized spacial score (nSPS) is 27.7. The maximum absolute atomic E-state index is 12.1. The maximum Gasteiger partial charge on any atom is 0.337 e. The lowest BCUT2D eigenvalue weighted by Gasteiger charge is -2.09. The molecular formula is C14H15NO4. The van der Waals surface area contributed by atoms with Gasteiger partial charge in [0.1, 0.15) is 5.75 Å². The van der Waals surface area contributed by atoms with Gasteiger partial charge in [-0.2, -0.15) is 0 Å². The van der Waals surface area contributed by atoms with E-state index < -0.39 is 5.97 Å². The first-order valence-corrected chi connectivity index (χ1v) is 6.45. The molecule has 2 saturated carbocycles. The van der Waals surface area contributed by atoms with Crippen molar-refractivity contribution in [2.45, 2.75) is 19.3 Å². The summed E-state index contributed by atoms with van der Waals surface area (Å²) in [7, 11) is 0. The summed E-state index contributed by atoms with van der Waals surface area (Å²) in [4.78, 5) is 23.2. The molecule has 2 unspecified atom stereocenters. The van der Waals surface area contributed by atoms with E-state index in [9.17, 15) is 14.7 Å². The van der Waals surface area contributed by atoms with Crippen LogP contribution in [0, 0.1) is 17.8 Å². The zero-order valence-electron chi connectivity index (χ0n) is 10.3. The summed E-state index contributed by atoms with van der Waals surface area (Å²) in [5, 5.41) is 21.0. The minimum Gasteiger partial charge on any atom is -0.508 e. The Hall–Kier alpha value is -2.04. The summed E-state index contributed by atoms with van der Waals surface area (Å²) in [6.45, 7) is 0. The average molecular weight is 261 g/mol. The molecule has 100 valence electrons. The van der Waals surface area contributed by atoms with Crippen LogP contribution in [0.15, 0.2) is 18.2 Å². The fourth-order valence-electron chi connectivity index (χ4n) is 3.24. The third-order valence-electron chi connectivity index (χ3n) is 4.20. The van der Waals surface area contributed by atoms with E-state index in [2.05, 4.69) is 5.32 Å². The molecule has 2 atom stereocenters. The molecule has 2 aliphatic rings. The molecule has 0 aromatic heterocycles. The quantitative estimate of drug-likeness (QED) is 0.727. The van der Waals surface area contributed by atoms with E-state index >= 15 is 0 Å². The van der Waals surface area contributed by atoms with Crippen molar-refractivity contribution < 1.29 is 19.8 Å². The number of rotatable bonds is 3. The largest absolute Gasteiger partial charge is 0.508 e. The molecule has 19 heavy (non-hydrogen) atoms. The number of anilines is 1. The van der Waals surface area contributed by atoms with Gasteiger partial charge in [-0.1, -0.05) is 6.42 Å². The van der Waals surface area contributed by atoms with Crippen LogP contribution in [0.3, 0.4) is 0 Å². The molecule has 3 rings (SSSR count). The predicted molar refractivity (Wildman–Crippen MR) is 68.0 cm³/mol. The highest BCUT2D eigenvalue weighted by atomic mass is 16.4. The van der Waals surface area contributed by atoms with Gasteiger partial charge in [-0.05, 0) is 42.9 Å². The van der Waals surface area contributed by atoms with Crippen LogP contribution in [0.4, 0.5) is 5.69 Å². The monoisotopic (exact) mass is 261 g/mol. The average Bonchev–Trinajstić information content (AvgIpc) is 2.85. The van der Waals surface area contributed by atoms with Crippen molar-refractivity contribution in [2.75, 3.05) is 5.32 Å². The summed E-state index contributed by atoms with van der Waals surface area (Å²) in [6.07, 6.45) is 3.40. The number of hydrogen-bond acceptors (Lipinski definition) is 3. The van der Waals surface area contributed by atoms with Gasteiger partial charge in [-0.15, -0.1) is 0 Å². The Morgan fingerprint density at radius 1 is 1.21 bits per heavy atom. The zero-order chi connectivity index (χ0) is 13.6. The number of fused-ring (bicyclic) bond motifs is 1. The number of aromatic carboxylic acids is 1. The van der Waals surface area contributed by atoms with Gasteiger partial charge >= 0.3 is 5.97 Å². The van der Waals surface area contributed by atoms with Gasteiger partial charge in [-0.3, -0.25) is 4.79 Å². The Morgan fingerprint density at radius 3 is 2.53 bits per heavy atom. The van der Waals surface area contributed by atoms with E-state index in [1.807, 2.05) is 0 Å². The topological polar surface area (TPSA) is 86.6 Å². The van der Waals surface area contributed by atoms with Crippen molar-refractivity contribution in [3.8, 4) is 5.75 Å². The molecule has 2 aliphatic carbocycles.